The fraction of sp³-hybridized carbons (Fsp3) is 0.478. The highest BCUT2D eigenvalue weighted by atomic mass is 127. The number of nitrogens with one attached hydrogen (secondary N) is 2. The number of carbonyl (C=O) groups excluding carboxylic acids is 1. The molecule has 1 aliphatic rings. The highest BCUT2D eigenvalue weighted by Gasteiger charge is 2.24. The van der Waals surface area contributed by atoms with E-state index in [1.165, 1.54) is 5.39 Å². The molecule has 170 valence electrons. The Morgan fingerprint density at radius 2 is 1.87 bits per heavy atom. The second-order valence-corrected chi connectivity index (χ2v) is 7.19. The molecule has 0 aliphatic carbocycles. The highest BCUT2D eigenvalue weighted by Crippen LogP contribution is 2.24. The molecule has 7 nitrogen and oxygen atoms in total. The molecule has 1 aliphatic heterocycles. The zero-order chi connectivity index (χ0) is 21.2. The van der Waals surface area contributed by atoms with Gasteiger partial charge in [-0.3, -0.25) is 0 Å². The Hall–Kier alpha value is -2.23. The number of likely N-dealkylation sites (tertiary alicyclic amines) is 1. The summed E-state index contributed by atoms with van der Waals surface area (Å²) in [5.41, 5.74) is 0. The van der Waals surface area contributed by atoms with Gasteiger partial charge in [0.25, 0.3) is 0 Å². The number of hydrogen-bond donors (Lipinski definition) is 2. The molecule has 0 radical (unpaired) electrons. The van der Waals surface area contributed by atoms with Crippen LogP contribution in [-0.4, -0.2) is 62.4 Å². The molecule has 0 saturated carbocycles. The summed E-state index contributed by atoms with van der Waals surface area (Å²) >= 11 is 0. The first-order valence-corrected chi connectivity index (χ1v) is 10.8. The Morgan fingerprint density at radius 3 is 2.61 bits per heavy atom. The number of guanidine groups is 1. The van der Waals surface area contributed by atoms with Gasteiger partial charge in [-0.25, -0.2) is 9.79 Å². The van der Waals surface area contributed by atoms with E-state index < -0.39 is 0 Å². The van der Waals surface area contributed by atoms with Crippen molar-refractivity contribution in [3.63, 3.8) is 0 Å². The lowest BCUT2D eigenvalue weighted by atomic mass is 10.1. The molecular formula is C23H33IN4O3. The van der Waals surface area contributed by atoms with E-state index in [0.29, 0.717) is 32.8 Å². The molecule has 0 spiro atoms. The zero-order valence-electron chi connectivity index (χ0n) is 18.3. The van der Waals surface area contributed by atoms with Crippen LogP contribution in [0, 0.1) is 0 Å². The largest absolute Gasteiger partial charge is 0.491 e. The second-order valence-electron chi connectivity index (χ2n) is 7.19. The average Bonchev–Trinajstić information content (AvgIpc) is 2.77. The van der Waals surface area contributed by atoms with Gasteiger partial charge in [-0.05, 0) is 38.1 Å². The van der Waals surface area contributed by atoms with E-state index in [1.807, 2.05) is 38.1 Å². The maximum Gasteiger partial charge on any atom is 0.409 e. The van der Waals surface area contributed by atoms with Crippen LogP contribution in [0.25, 0.3) is 10.8 Å². The third kappa shape index (κ3) is 7.45. The summed E-state index contributed by atoms with van der Waals surface area (Å²) in [6.45, 7) is 7.53. The molecule has 0 unspecified atom stereocenters. The minimum absolute atomic E-state index is 0. The van der Waals surface area contributed by atoms with Crippen molar-refractivity contribution in [3.05, 3.63) is 42.5 Å². The van der Waals surface area contributed by atoms with E-state index in [0.717, 1.165) is 36.5 Å². The Labute approximate surface area is 201 Å². The van der Waals surface area contributed by atoms with Crippen molar-refractivity contribution in [1.82, 2.24) is 15.5 Å². The van der Waals surface area contributed by atoms with E-state index in [9.17, 15) is 4.79 Å². The topological polar surface area (TPSA) is 75.2 Å². The number of rotatable bonds is 7. The van der Waals surface area contributed by atoms with Crippen molar-refractivity contribution in [1.29, 1.82) is 0 Å². The summed E-state index contributed by atoms with van der Waals surface area (Å²) < 4.78 is 11.1. The molecular weight excluding hydrogens is 507 g/mol. The van der Waals surface area contributed by atoms with Crippen LogP contribution in [0.3, 0.4) is 0 Å². The van der Waals surface area contributed by atoms with Gasteiger partial charge in [-0.1, -0.05) is 36.4 Å². The van der Waals surface area contributed by atoms with Crippen molar-refractivity contribution in [3.8, 4) is 5.75 Å². The lowest BCUT2D eigenvalue weighted by molar-refractivity contribution is 0.0963. The maximum absolute atomic E-state index is 11.8. The van der Waals surface area contributed by atoms with Gasteiger partial charge in [0.2, 0.25) is 0 Å². The molecule has 0 aromatic heterocycles. The molecule has 3 rings (SSSR count). The van der Waals surface area contributed by atoms with Gasteiger partial charge in [-0.15, -0.1) is 24.0 Å². The SMILES string of the molecule is CCNC(=NCCOc1cccc2ccccc12)NC1CCN(C(=O)OCC)CC1.I. The lowest BCUT2D eigenvalue weighted by Gasteiger charge is -2.32. The summed E-state index contributed by atoms with van der Waals surface area (Å²) in [5, 5.41) is 9.05. The molecule has 2 aromatic rings. The van der Waals surface area contributed by atoms with Crippen LogP contribution in [-0.2, 0) is 4.74 Å². The summed E-state index contributed by atoms with van der Waals surface area (Å²) in [6.07, 6.45) is 1.52. The van der Waals surface area contributed by atoms with Crippen LogP contribution in [0.1, 0.15) is 26.7 Å². The Morgan fingerprint density at radius 1 is 1.13 bits per heavy atom. The number of amides is 1. The molecule has 1 amide bonds. The highest BCUT2D eigenvalue weighted by molar-refractivity contribution is 14.0. The first kappa shape index (κ1) is 25.0. The number of benzene rings is 2. The van der Waals surface area contributed by atoms with Crippen LogP contribution in [0.2, 0.25) is 0 Å². The summed E-state index contributed by atoms with van der Waals surface area (Å²) in [6, 6.07) is 14.6. The Kier molecular flexibility index (Phi) is 10.7. The standard InChI is InChI=1S/C23H32N4O3.HI/c1-3-24-22(26-19-12-15-27(16-13-19)23(28)29-4-2)25-14-17-30-21-11-7-9-18-8-5-6-10-20(18)21;/h5-11,19H,3-4,12-17H2,1-2H3,(H2,24,25,26);1H. The van der Waals surface area contributed by atoms with Crippen molar-refractivity contribution in [2.45, 2.75) is 32.7 Å². The van der Waals surface area contributed by atoms with E-state index in [2.05, 4.69) is 33.8 Å². The molecule has 0 bridgehead atoms. The smallest absolute Gasteiger partial charge is 0.409 e. The average molecular weight is 540 g/mol. The molecule has 8 heteroatoms. The third-order valence-corrected chi connectivity index (χ3v) is 5.07. The van der Waals surface area contributed by atoms with Gasteiger partial charge in [0.15, 0.2) is 5.96 Å². The van der Waals surface area contributed by atoms with Crippen LogP contribution in [0.15, 0.2) is 47.5 Å². The fourth-order valence-electron chi connectivity index (χ4n) is 3.57. The maximum atomic E-state index is 11.8. The van der Waals surface area contributed by atoms with Crippen LogP contribution < -0.4 is 15.4 Å². The number of fused-ring (bicyclic) bond motifs is 1. The van der Waals surface area contributed by atoms with Crippen molar-refractivity contribution < 1.29 is 14.3 Å². The number of aliphatic imine (C=N–C) groups is 1. The number of carbonyl (C=O) groups is 1. The first-order chi connectivity index (χ1) is 14.7. The van der Waals surface area contributed by atoms with Crippen molar-refractivity contribution in [2.24, 2.45) is 4.99 Å². The second kappa shape index (κ2) is 13.2. The van der Waals surface area contributed by atoms with Gasteiger partial charge in [-0.2, -0.15) is 0 Å². The number of nitrogens with zero attached hydrogens (tertiary/aromatic N) is 2. The third-order valence-electron chi connectivity index (χ3n) is 5.07. The van der Waals surface area contributed by atoms with Crippen molar-refractivity contribution >= 4 is 46.8 Å². The van der Waals surface area contributed by atoms with Gasteiger partial charge in [0, 0.05) is 31.1 Å². The molecule has 1 saturated heterocycles. The van der Waals surface area contributed by atoms with Crippen LogP contribution in [0.5, 0.6) is 5.75 Å². The minimum atomic E-state index is -0.220. The van der Waals surface area contributed by atoms with Gasteiger partial charge in [0.05, 0.1) is 13.2 Å². The van der Waals surface area contributed by atoms with E-state index >= 15 is 0 Å². The number of halogens is 1. The van der Waals surface area contributed by atoms with Gasteiger partial charge >= 0.3 is 6.09 Å². The summed E-state index contributed by atoms with van der Waals surface area (Å²) in [4.78, 5) is 18.3. The van der Waals surface area contributed by atoms with E-state index in [-0.39, 0.29) is 36.1 Å². The molecule has 0 atom stereocenters. The predicted octanol–water partition coefficient (Wildman–Crippen LogP) is 4.01. The first-order valence-electron chi connectivity index (χ1n) is 10.8. The monoisotopic (exact) mass is 540 g/mol. The Balaban J connectivity index is 0.00000341. The predicted molar refractivity (Wildman–Crippen MR) is 136 cm³/mol. The number of ether oxygens (including phenoxy) is 2. The quantitative estimate of drug-likeness (QED) is 0.240. The normalized spacial score (nSPS) is 14.6. The summed E-state index contributed by atoms with van der Waals surface area (Å²) in [7, 11) is 0. The Bertz CT molecular complexity index is 848. The van der Waals surface area contributed by atoms with Crippen LogP contribution >= 0.6 is 24.0 Å². The molecule has 2 aromatic carbocycles. The molecule has 31 heavy (non-hydrogen) atoms. The van der Waals surface area contributed by atoms with E-state index in [4.69, 9.17) is 9.47 Å². The number of piperidine rings is 1. The lowest BCUT2D eigenvalue weighted by Crippen LogP contribution is -2.50. The fourth-order valence-corrected chi connectivity index (χ4v) is 3.57. The zero-order valence-corrected chi connectivity index (χ0v) is 20.6. The van der Waals surface area contributed by atoms with Crippen molar-refractivity contribution in [2.75, 3.05) is 39.4 Å². The van der Waals surface area contributed by atoms with Gasteiger partial charge in [0.1, 0.15) is 12.4 Å². The molecule has 2 N–H and O–H groups in total. The van der Waals surface area contributed by atoms with E-state index in [1.54, 1.807) is 4.90 Å². The number of hydrogen-bond acceptors (Lipinski definition) is 4. The molecule has 1 fully saturated rings. The van der Waals surface area contributed by atoms with Gasteiger partial charge < -0.3 is 25.0 Å². The molecule has 1 heterocycles. The van der Waals surface area contributed by atoms with Crippen LogP contribution in [0.4, 0.5) is 4.79 Å². The minimum Gasteiger partial charge on any atom is -0.491 e. The summed E-state index contributed by atoms with van der Waals surface area (Å²) in [5.74, 6) is 1.67.